The van der Waals surface area contributed by atoms with E-state index in [4.69, 9.17) is 16.3 Å². The average molecular weight is 375 g/mol. The van der Waals surface area contributed by atoms with Crippen molar-refractivity contribution in [1.82, 2.24) is 5.32 Å². The van der Waals surface area contributed by atoms with E-state index >= 15 is 0 Å². The number of amides is 1. The van der Waals surface area contributed by atoms with Gasteiger partial charge in [-0.25, -0.2) is 0 Å². The van der Waals surface area contributed by atoms with Gasteiger partial charge >= 0.3 is 0 Å². The smallest absolute Gasteiger partial charge is 0.260 e. The molecule has 25 heavy (non-hydrogen) atoms. The van der Waals surface area contributed by atoms with Gasteiger partial charge in [0.25, 0.3) is 5.91 Å². The maximum Gasteiger partial charge on any atom is 0.260 e. The molecule has 1 amide bonds. The fourth-order valence-corrected chi connectivity index (χ4v) is 3.78. The van der Waals surface area contributed by atoms with E-state index in [9.17, 15) is 4.79 Å². The summed E-state index contributed by atoms with van der Waals surface area (Å²) in [5, 5.41) is 6.95. The number of halogens is 1. The van der Waals surface area contributed by atoms with Gasteiger partial charge in [0.2, 0.25) is 0 Å². The predicted molar refractivity (Wildman–Crippen MR) is 105 cm³/mol. The van der Waals surface area contributed by atoms with Gasteiger partial charge in [0.1, 0.15) is 5.75 Å². The standard InChI is InChI=1S/C19H19ClN2O2S/c1-11-4-5-13(9-16(11)24-3)10-17-18(23)22-19(25-17)21-15-7-6-14(20)8-12(15)2/h4-10,19,21H,1-3H3,(H,22,23)/b17-10-. The number of thioether (sulfide) groups is 1. The van der Waals surface area contributed by atoms with Crippen molar-refractivity contribution in [1.29, 1.82) is 0 Å². The Labute approximate surface area is 156 Å². The molecular weight excluding hydrogens is 356 g/mol. The quantitative estimate of drug-likeness (QED) is 0.770. The summed E-state index contributed by atoms with van der Waals surface area (Å²) in [6.07, 6.45) is 1.87. The summed E-state index contributed by atoms with van der Waals surface area (Å²) in [7, 11) is 1.64. The molecule has 1 heterocycles. The van der Waals surface area contributed by atoms with Crippen molar-refractivity contribution in [3.8, 4) is 5.75 Å². The Morgan fingerprint density at radius 3 is 2.72 bits per heavy atom. The molecule has 2 N–H and O–H groups in total. The number of hydrogen-bond donors (Lipinski definition) is 2. The lowest BCUT2D eigenvalue weighted by atomic mass is 10.1. The van der Waals surface area contributed by atoms with Crippen LogP contribution in [-0.4, -0.2) is 18.5 Å². The van der Waals surface area contributed by atoms with Crippen LogP contribution in [0.15, 0.2) is 41.3 Å². The third kappa shape index (κ3) is 4.11. The summed E-state index contributed by atoms with van der Waals surface area (Å²) < 4.78 is 5.34. The molecule has 0 aliphatic carbocycles. The van der Waals surface area contributed by atoms with Gasteiger partial charge in [-0.1, -0.05) is 35.5 Å². The highest BCUT2D eigenvalue weighted by Gasteiger charge is 2.27. The molecular formula is C19H19ClN2O2S. The van der Waals surface area contributed by atoms with Gasteiger partial charge < -0.3 is 15.4 Å². The van der Waals surface area contributed by atoms with Crippen LogP contribution in [-0.2, 0) is 4.79 Å². The van der Waals surface area contributed by atoms with Gasteiger partial charge in [-0.15, -0.1) is 0 Å². The SMILES string of the molecule is COc1cc(/C=C2\SC(Nc3ccc(Cl)cc3C)NC2=O)ccc1C. The molecule has 1 aliphatic heterocycles. The van der Waals surface area contributed by atoms with Crippen LogP contribution >= 0.6 is 23.4 Å². The average Bonchev–Trinajstić information content (AvgIpc) is 2.91. The molecule has 2 aromatic carbocycles. The maximum absolute atomic E-state index is 12.2. The van der Waals surface area contributed by atoms with Crippen LogP contribution in [0.5, 0.6) is 5.75 Å². The van der Waals surface area contributed by atoms with Gasteiger partial charge in [0, 0.05) is 10.7 Å². The van der Waals surface area contributed by atoms with Crippen molar-refractivity contribution < 1.29 is 9.53 Å². The highest BCUT2D eigenvalue weighted by Crippen LogP contribution is 2.32. The first-order chi connectivity index (χ1) is 12.0. The van der Waals surface area contributed by atoms with Crippen LogP contribution in [0.4, 0.5) is 5.69 Å². The second kappa shape index (κ2) is 7.42. The van der Waals surface area contributed by atoms with Crippen LogP contribution < -0.4 is 15.4 Å². The van der Waals surface area contributed by atoms with E-state index in [2.05, 4.69) is 10.6 Å². The van der Waals surface area contributed by atoms with E-state index in [0.29, 0.717) is 9.93 Å². The molecule has 1 aliphatic rings. The third-order valence-corrected chi connectivity index (χ3v) is 5.20. The van der Waals surface area contributed by atoms with Crippen LogP contribution in [0.1, 0.15) is 16.7 Å². The maximum atomic E-state index is 12.2. The minimum Gasteiger partial charge on any atom is -0.496 e. The van der Waals surface area contributed by atoms with Crippen LogP contribution in [0.25, 0.3) is 6.08 Å². The van der Waals surface area contributed by atoms with E-state index in [1.165, 1.54) is 11.8 Å². The van der Waals surface area contributed by atoms with E-state index in [1.807, 2.05) is 56.3 Å². The Morgan fingerprint density at radius 1 is 1.20 bits per heavy atom. The minimum absolute atomic E-state index is 0.0892. The first kappa shape index (κ1) is 17.7. The first-order valence-electron chi connectivity index (χ1n) is 7.83. The topological polar surface area (TPSA) is 50.4 Å². The third-order valence-electron chi connectivity index (χ3n) is 3.94. The number of nitrogens with one attached hydrogen (secondary N) is 2. The molecule has 0 aromatic heterocycles. The Balaban J connectivity index is 1.76. The van der Waals surface area contributed by atoms with E-state index in [-0.39, 0.29) is 11.4 Å². The van der Waals surface area contributed by atoms with Crippen LogP contribution in [0, 0.1) is 13.8 Å². The predicted octanol–water partition coefficient (Wildman–Crippen LogP) is 4.57. The summed E-state index contributed by atoms with van der Waals surface area (Å²) in [6.45, 7) is 3.96. The zero-order chi connectivity index (χ0) is 18.0. The summed E-state index contributed by atoms with van der Waals surface area (Å²) in [5.74, 6) is 0.720. The van der Waals surface area contributed by atoms with E-state index in [1.54, 1.807) is 7.11 Å². The molecule has 2 aromatic rings. The molecule has 0 radical (unpaired) electrons. The lowest BCUT2D eigenvalue weighted by molar-refractivity contribution is -0.116. The van der Waals surface area contributed by atoms with Gasteiger partial charge in [0.05, 0.1) is 12.0 Å². The molecule has 0 bridgehead atoms. The molecule has 0 saturated carbocycles. The molecule has 3 rings (SSSR count). The summed E-state index contributed by atoms with van der Waals surface area (Å²) in [4.78, 5) is 12.9. The fourth-order valence-electron chi connectivity index (χ4n) is 2.57. The van der Waals surface area contributed by atoms with Crippen LogP contribution in [0.3, 0.4) is 0 Å². The molecule has 1 atom stereocenters. The van der Waals surface area contributed by atoms with E-state index in [0.717, 1.165) is 28.1 Å². The summed E-state index contributed by atoms with van der Waals surface area (Å²) in [5.41, 5.74) is 3.75. The van der Waals surface area contributed by atoms with Gasteiger partial charge in [-0.3, -0.25) is 4.79 Å². The molecule has 4 nitrogen and oxygen atoms in total. The Morgan fingerprint density at radius 2 is 2.00 bits per heavy atom. The van der Waals surface area contributed by atoms with Gasteiger partial charge in [-0.05, 0) is 60.9 Å². The number of rotatable bonds is 4. The molecule has 1 fully saturated rings. The lowest BCUT2D eigenvalue weighted by Crippen LogP contribution is -2.31. The van der Waals surface area contributed by atoms with Crippen molar-refractivity contribution >= 4 is 41.0 Å². The molecule has 130 valence electrons. The van der Waals surface area contributed by atoms with Crippen molar-refractivity contribution in [2.75, 3.05) is 12.4 Å². The summed E-state index contributed by atoms with van der Waals surface area (Å²) >= 11 is 7.44. The number of hydrogen-bond acceptors (Lipinski definition) is 4. The van der Waals surface area contributed by atoms with Crippen molar-refractivity contribution in [2.45, 2.75) is 19.3 Å². The molecule has 1 saturated heterocycles. The Bertz CT molecular complexity index is 851. The van der Waals surface area contributed by atoms with Gasteiger partial charge in [-0.2, -0.15) is 0 Å². The molecule has 1 unspecified atom stereocenters. The van der Waals surface area contributed by atoms with Crippen molar-refractivity contribution in [3.63, 3.8) is 0 Å². The van der Waals surface area contributed by atoms with E-state index < -0.39 is 0 Å². The number of carbonyl (C=O) groups excluding carboxylic acids is 1. The normalized spacial score (nSPS) is 18.3. The number of ether oxygens (including phenoxy) is 1. The lowest BCUT2D eigenvalue weighted by Gasteiger charge is -2.15. The van der Waals surface area contributed by atoms with Crippen molar-refractivity contribution in [2.24, 2.45) is 0 Å². The highest BCUT2D eigenvalue weighted by molar-refractivity contribution is 8.05. The number of aryl methyl sites for hydroxylation is 2. The largest absolute Gasteiger partial charge is 0.496 e. The number of methoxy groups -OCH3 is 1. The summed E-state index contributed by atoms with van der Waals surface area (Å²) in [6, 6.07) is 11.5. The minimum atomic E-state index is -0.217. The highest BCUT2D eigenvalue weighted by atomic mass is 35.5. The molecule has 6 heteroatoms. The first-order valence-corrected chi connectivity index (χ1v) is 9.08. The number of carbonyl (C=O) groups is 1. The zero-order valence-corrected chi connectivity index (χ0v) is 15.8. The zero-order valence-electron chi connectivity index (χ0n) is 14.2. The Kier molecular flexibility index (Phi) is 5.25. The van der Waals surface area contributed by atoms with Crippen LogP contribution in [0.2, 0.25) is 5.02 Å². The monoisotopic (exact) mass is 374 g/mol. The number of anilines is 1. The van der Waals surface area contributed by atoms with Crippen molar-refractivity contribution in [3.05, 3.63) is 63.0 Å². The second-order valence-electron chi connectivity index (χ2n) is 5.81. The molecule has 0 spiro atoms. The second-order valence-corrected chi connectivity index (χ2v) is 7.40. The van der Waals surface area contributed by atoms with Gasteiger partial charge in [0.15, 0.2) is 5.50 Å². The fraction of sp³-hybridized carbons (Fsp3) is 0.211. The number of benzene rings is 2. The Hall–Kier alpha value is -2.11.